The van der Waals surface area contributed by atoms with Crippen LogP contribution in [0.4, 0.5) is 5.69 Å². The smallest absolute Gasteiger partial charge is 0.234 e. The fraction of sp³-hybridized carbons (Fsp3) is 0.632. The van der Waals surface area contributed by atoms with E-state index >= 15 is 0 Å². The van der Waals surface area contributed by atoms with Crippen molar-refractivity contribution in [1.82, 2.24) is 0 Å². The molecule has 0 bridgehead atoms. The van der Waals surface area contributed by atoms with Gasteiger partial charge in [-0.25, -0.2) is 0 Å². The van der Waals surface area contributed by atoms with Crippen molar-refractivity contribution in [3.8, 4) is 0 Å². The van der Waals surface area contributed by atoms with Crippen molar-refractivity contribution in [2.75, 3.05) is 38.3 Å². The zero-order valence-electron chi connectivity index (χ0n) is 16.2. The molecule has 1 aliphatic rings. The number of amides is 1. The van der Waals surface area contributed by atoms with E-state index in [9.17, 15) is 4.79 Å². The summed E-state index contributed by atoms with van der Waals surface area (Å²) in [6.45, 7) is 12.6. The number of carbonyl (C=O) groups excluding carboxylic acids is 1. The number of nitrogens with two attached hydrogens (primary N) is 1. The van der Waals surface area contributed by atoms with Gasteiger partial charge in [-0.3, -0.25) is 4.79 Å². The predicted molar refractivity (Wildman–Crippen MR) is 103 cm³/mol. The number of anilines is 1. The van der Waals surface area contributed by atoms with Gasteiger partial charge in [-0.2, -0.15) is 0 Å². The summed E-state index contributed by atoms with van der Waals surface area (Å²) in [6.07, 6.45) is 0.862. The highest BCUT2D eigenvalue weighted by molar-refractivity contribution is 6.04. The van der Waals surface area contributed by atoms with Crippen LogP contribution in [-0.2, 0) is 9.53 Å². The fourth-order valence-corrected chi connectivity index (χ4v) is 2.39. The summed E-state index contributed by atoms with van der Waals surface area (Å²) in [5.41, 5.74) is 7.07. The lowest BCUT2D eigenvalue weighted by molar-refractivity contribution is -0.119. The van der Waals surface area contributed by atoms with Crippen LogP contribution in [0.25, 0.3) is 0 Å². The number of hydrogen-bond acceptors (Lipinski definition) is 4. The predicted octanol–water partition coefficient (Wildman–Crippen LogP) is 3.16. The zero-order valence-corrected chi connectivity index (χ0v) is 16.2. The highest BCUT2D eigenvalue weighted by Gasteiger charge is 2.35. The minimum absolute atomic E-state index is 0.0350. The molecular weight excluding hydrogens is 304 g/mol. The van der Waals surface area contributed by atoms with Gasteiger partial charge < -0.3 is 20.5 Å². The van der Waals surface area contributed by atoms with E-state index in [1.807, 2.05) is 50.8 Å². The highest BCUT2D eigenvalue weighted by Crippen LogP contribution is 2.38. The third-order valence-electron chi connectivity index (χ3n) is 3.24. The average Bonchev–Trinajstić information content (AvgIpc) is 2.91. The van der Waals surface area contributed by atoms with Gasteiger partial charge in [0.2, 0.25) is 5.91 Å². The molecule has 0 spiro atoms. The van der Waals surface area contributed by atoms with E-state index < -0.39 is 0 Å². The molecule has 140 valence electrons. The summed E-state index contributed by atoms with van der Waals surface area (Å²) in [6, 6.07) is 8.07. The molecule has 0 saturated carbocycles. The Hall–Kier alpha value is -1.43. The third-order valence-corrected chi connectivity index (χ3v) is 3.24. The molecule has 1 heterocycles. The van der Waals surface area contributed by atoms with Crippen molar-refractivity contribution in [3.63, 3.8) is 0 Å². The van der Waals surface area contributed by atoms with Crippen LogP contribution >= 0.6 is 0 Å². The topological polar surface area (TPSA) is 75.8 Å². The molecule has 3 N–H and O–H groups in total. The van der Waals surface area contributed by atoms with Crippen LogP contribution in [0.5, 0.6) is 0 Å². The van der Waals surface area contributed by atoms with Crippen molar-refractivity contribution >= 4 is 11.6 Å². The van der Waals surface area contributed by atoms with Crippen LogP contribution in [0, 0.1) is 0 Å². The van der Waals surface area contributed by atoms with Crippen molar-refractivity contribution in [3.05, 3.63) is 29.8 Å². The molecule has 0 aliphatic carbocycles. The van der Waals surface area contributed by atoms with E-state index in [1.165, 1.54) is 0 Å². The molecule has 1 atom stereocenters. The molecule has 24 heavy (non-hydrogen) atoms. The number of fused-ring (bicyclic) bond motifs is 1. The molecule has 0 fully saturated rings. The minimum Gasteiger partial charge on any atom is -0.400 e. The minimum atomic E-state index is 0.0350. The van der Waals surface area contributed by atoms with Gasteiger partial charge >= 0.3 is 0 Å². The Morgan fingerprint density at radius 3 is 2.21 bits per heavy atom. The first-order valence-electron chi connectivity index (χ1n) is 8.83. The summed E-state index contributed by atoms with van der Waals surface area (Å²) < 4.78 is 5.33. The number of benzene rings is 1. The summed E-state index contributed by atoms with van der Waals surface area (Å²) in [5, 5.41) is 7.00. The molecule has 0 radical (unpaired) electrons. The van der Waals surface area contributed by atoms with Crippen LogP contribution < -0.4 is 10.6 Å². The van der Waals surface area contributed by atoms with Crippen molar-refractivity contribution in [1.29, 1.82) is 0 Å². The lowest BCUT2D eigenvalue weighted by atomic mass is 9.98. The van der Waals surface area contributed by atoms with Gasteiger partial charge in [-0.1, -0.05) is 45.9 Å². The number of ether oxygens (including phenoxy) is 1. The Morgan fingerprint density at radius 2 is 1.71 bits per heavy atom. The molecule has 1 aromatic rings. The molecule has 5 nitrogen and oxygen atoms in total. The number of carbonyl (C=O) groups is 1. The monoisotopic (exact) mass is 340 g/mol. The molecule has 1 amide bonds. The van der Waals surface area contributed by atoms with Crippen molar-refractivity contribution in [2.24, 2.45) is 5.73 Å². The Bertz CT molecular complexity index is 425. The largest absolute Gasteiger partial charge is 0.400 e. The molecular formula is C19H36N2O3. The molecule has 2 rings (SSSR count). The van der Waals surface area contributed by atoms with Gasteiger partial charge in [0, 0.05) is 25.9 Å². The quantitative estimate of drug-likeness (QED) is 0.807. The average molecular weight is 341 g/mol. The maximum Gasteiger partial charge on any atom is 0.234 e. The highest BCUT2D eigenvalue weighted by atomic mass is 16.5. The number of aliphatic hydroxyl groups is 1. The molecule has 1 aromatic carbocycles. The van der Waals surface area contributed by atoms with E-state index in [0.717, 1.165) is 31.3 Å². The van der Waals surface area contributed by atoms with Crippen LogP contribution in [0.1, 0.15) is 52.5 Å². The van der Waals surface area contributed by atoms with Gasteiger partial charge in [0.05, 0.1) is 12.5 Å². The Labute approximate surface area is 147 Å². The molecule has 5 heteroatoms. The van der Waals surface area contributed by atoms with Crippen LogP contribution in [0.2, 0.25) is 0 Å². The summed E-state index contributed by atoms with van der Waals surface area (Å²) >= 11 is 0. The normalized spacial score (nSPS) is 14.4. The zero-order chi connectivity index (χ0) is 19.0. The first kappa shape index (κ1) is 24.8. The lowest BCUT2D eigenvalue weighted by Crippen LogP contribution is -2.32. The standard InChI is InChI=1S/C14H19NO2.C2H7N.C2H6.CH4O/c1-3-11-12-7-5-6-8-13(12)15(14(11)16)9-10-17-4-2;1-2-3;2*1-2/h5-8,11H,3-4,9-10H2,1-2H3;2-3H2,1H3;1-2H3;2H,1H3. The molecule has 1 unspecified atom stereocenters. The van der Waals surface area contributed by atoms with Crippen LogP contribution in [-0.4, -0.2) is 44.4 Å². The lowest BCUT2D eigenvalue weighted by Gasteiger charge is -2.17. The maximum absolute atomic E-state index is 12.3. The molecule has 0 saturated heterocycles. The van der Waals surface area contributed by atoms with E-state index in [1.54, 1.807) is 0 Å². The van der Waals surface area contributed by atoms with Crippen LogP contribution in [0.3, 0.4) is 0 Å². The molecule has 0 aromatic heterocycles. The second-order valence-electron chi connectivity index (χ2n) is 4.61. The SMILES string of the molecule is CC.CCN.CCOCCN1C(=O)C(CC)c2ccccc21.CO. The van der Waals surface area contributed by atoms with Gasteiger partial charge in [0.15, 0.2) is 0 Å². The summed E-state index contributed by atoms with van der Waals surface area (Å²) in [5.74, 6) is 0.251. The van der Waals surface area contributed by atoms with E-state index in [2.05, 4.69) is 13.0 Å². The Morgan fingerprint density at radius 1 is 1.17 bits per heavy atom. The third kappa shape index (κ3) is 7.43. The fourth-order valence-electron chi connectivity index (χ4n) is 2.39. The number of para-hydroxylation sites is 1. The molecule has 1 aliphatic heterocycles. The van der Waals surface area contributed by atoms with E-state index in [0.29, 0.717) is 19.8 Å². The number of rotatable bonds is 5. The second kappa shape index (κ2) is 16.4. The van der Waals surface area contributed by atoms with Gasteiger partial charge in [-0.15, -0.1) is 0 Å². The van der Waals surface area contributed by atoms with Gasteiger partial charge in [0.25, 0.3) is 0 Å². The van der Waals surface area contributed by atoms with Crippen molar-refractivity contribution < 1.29 is 14.6 Å². The Kier molecular flexibility index (Phi) is 17.0. The summed E-state index contributed by atoms with van der Waals surface area (Å²) in [4.78, 5) is 14.1. The first-order valence-corrected chi connectivity index (χ1v) is 8.83. The maximum atomic E-state index is 12.3. The number of aliphatic hydroxyl groups excluding tert-OH is 1. The summed E-state index contributed by atoms with van der Waals surface area (Å²) in [7, 11) is 1.00. The first-order chi connectivity index (χ1) is 11.7. The number of hydrogen-bond donors (Lipinski definition) is 2. The van der Waals surface area contributed by atoms with Gasteiger partial charge in [-0.05, 0) is 31.5 Å². The van der Waals surface area contributed by atoms with Crippen LogP contribution in [0.15, 0.2) is 24.3 Å². The Balaban J connectivity index is 0. The van der Waals surface area contributed by atoms with E-state index in [-0.39, 0.29) is 11.8 Å². The van der Waals surface area contributed by atoms with Gasteiger partial charge in [0.1, 0.15) is 0 Å². The van der Waals surface area contributed by atoms with Crippen molar-refractivity contribution in [2.45, 2.75) is 47.0 Å². The number of nitrogens with zero attached hydrogens (tertiary/aromatic N) is 1. The van der Waals surface area contributed by atoms with E-state index in [4.69, 9.17) is 15.6 Å². The second-order valence-corrected chi connectivity index (χ2v) is 4.61.